The maximum atomic E-state index is 12.6. The van der Waals surface area contributed by atoms with Crippen LogP contribution in [0, 0.1) is 6.92 Å². The van der Waals surface area contributed by atoms with E-state index in [4.69, 9.17) is 21.9 Å². The van der Waals surface area contributed by atoms with Gasteiger partial charge in [-0.2, -0.15) is 42.0 Å². The summed E-state index contributed by atoms with van der Waals surface area (Å²) in [5, 5.41) is 33.3. The summed E-state index contributed by atoms with van der Waals surface area (Å²) in [5.41, 5.74) is 10.1. The van der Waals surface area contributed by atoms with Crippen molar-refractivity contribution in [1.82, 2.24) is 15.0 Å². The molecule has 0 amide bonds. The Morgan fingerprint density at radius 3 is 2.29 bits per heavy atom. The lowest BCUT2D eigenvalue weighted by Crippen LogP contribution is -2.20. The molecule has 0 radical (unpaired) electrons. The van der Waals surface area contributed by atoms with E-state index in [9.17, 15) is 26.5 Å². The van der Waals surface area contributed by atoms with Crippen molar-refractivity contribution in [3.05, 3.63) is 120 Å². The topological polar surface area (TPSA) is 268 Å². The van der Waals surface area contributed by atoms with Crippen LogP contribution in [0.1, 0.15) is 24.5 Å². The standard InChI is InChI=1S/C41H37ClN10O8S2/c1-3-52(32-11-4-7-24(2)19-32)41-46-39(42)45-40(47-41)44-29-9-5-10-30(23-29)49-51-37-34(61(54,55)56)22-28-15-17-33(36(43)35(28)38(37)53)50-48-31-16-14-26-20-25(12-13-27(26)21-31)8-6-18-60-62(57,58)59/h4-5,7,9-17,19-23,53H,3,6,8,18,43H2,1-2H3,(H,54,55,56)(H,57,58,59)(H,44,45,46,47). The number of nitrogens with two attached hydrogens (primary N) is 1. The van der Waals surface area contributed by atoms with Gasteiger partial charge in [-0.3, -0.25) is 9.11 Å². The van der Waals surface area contributed by atoms with Crippen molar-refractivity contribution in [3.8, 4) is 5.75 Å². The molecule has 0 saturated carbocycles. The second-order valence-corrected chi connectivity index (χ2v) is 16.6. The number of halogens is 1. The van der Waals surface area contributed by atoms with E-state index in [0.717, 1.165) is 33.7 Å². The number of phenols is 1. The highest BCUT2D eigenvalue weighted by Crippen LogP contribution is 2.46. The number of nitrogen functional groups attached to an aromatic ring is 1. The zero-order valence-corrected chi connectivity index (χ0v) is 35.3. The Bertz CT molecular complexity index is 3140. The molecule has 0 spiro atoms. The number of aromatic nitrogens is 3. The third-order valence-corrected chi connectivity index (χ3v) is 10.9. The van der Waals surface area contributed by atoms with Crippen molar-refractivity contribution in [2.45, 2.75) is 31.6 Å². The average molecular weight is 897 g/mol. The summed E-state index contributed by atoms with van der Waals surface area (Å²) in [5.74, 6) is -0.214. The Labute approximate surface area is 360 Å². The van der Waals surface area contributed by atoms with E-state index in [-0.39, 0.29) is 45.7 Å². The smallest absolute Gasteiger partial charge is 0.397 e. The van der Waals surface area contributed by atoms with Crippen LogP contribution in [0.15, 0.2) is 128 Å². The van der Waals surface area contributed by atoms with Crippen molar-refractivity contribution in [1.29, 1.82) is 0 Å². The summed E-state index contributed by atoms with van der Waals surface area (Å²) in [6.07, 6.45) is 0.900. The molecule has 0 bridgehead atoms. The summed E-state index contributed by atoms with van der Waals surface area (Å²) in [4.78, 5) is 14.3. The van der Waals surface area contributed by atoms with Gasteiger partial charge >= 0.3 is 10.4 Å². The highest BCUT2D eigenvalue weighted by Gasteiger charge is 2.24. The van der Waals surface area contributed by atoms with E-state index in [1.165, 1.54) is 12.1 Å². The van der Waals surface area contributed by atoms with E-state index < -0.39 is 36.8 Å². The Morgan fingerprint density at radius 2 is 1.53 bits per heavy atom. The molecule has 21 heteroatoms. The highest BCUT2D eigenvalue weighted by atomic mass is 35.5. The SMILES string of the molecule is CCN(c1cccc(C)c1)c1nc(Cl)nc(Nc2cccc(N=Nc3c(S(=O)(=O)O)cc4ccc(N=Nc5ccc6cc(CCCOS(=O)(=O)O)ccc6c5)c(N)c4c3O)c2)n1. The molecule has 0 aliphatic carbocycles. The first-order valence-electron chi connectivity index (χ1n) is 18.7. The monoisotopic (exact) mass is 896 g/mol. The van der Waals surface area contributed by atoms with Gasteiger partial charge in [-0.05, 0) is 120 Å². The minimum atomic E-state index is -4.93. The third-order valence-electron chi connectivity index (χ3n) is 9.35. The lowest BCUT2D eigenvalue weighted by Gasteiger charge is -2.21. The van der Waals surface area contributed by atoms with Crippen molar-refractivity contribution < 1.29 is 35.2 Å². The van der Waals surface area contributed by atoms with Crippen molar-refractivity contribution in [3.63, 3.8) is 0 Å². The molecule has 0 aliphatic rings. The first kappa shape index (κ1) is 43.4. The number of azo groups is 2. The molecular weight excluding hydrogens is 860 g/mol. The second-order valence-electron chi connectivity index (χ2n) is 13.7. The number of fused-ring (bicyclic) bond motifs is 2. The first-order chi connectivity index (χ1) is 29.5. The molecule has 0 saturated heterocycles. The predicted molar refractivity (Wildman–Crippen MR) is 236 cm³/mol. The van der Waals surface area contributed by atoms with Gasteiger partial charge in [0.15, 0.2) is 5.75 Å². The van der Waals surface area contributed by atoms with E-state index in [0.29, 0.717) is 36.7 Å². The number of aromatic hydroxyl groups is 1. The molecule has 318 valence electrons. The van der Waals surface area contributed by atoms with Crippen LogP contribution >= 0.6 is 11.6 Å². The van der Waals surface area contributed by atoms with Gasteiger partial charge < -0.3 is 21.1 Å². The average Bonchev–Trinajstić information content (AvgIpc) is 3.21. The summed E-state index contributed by atoms with van der Waals surface area (Å²) >= 11 is 6.31. The number of nitrogens with one attached hydrogen (secondary N) is 1. The van der Waals surface area contributed by atoms with Crippen LogP contribution in [0.5, 0.6) is 5.75 Å². The molecule has 6 N–H and O–H groups in total. The first-order valence-corrected chi connectivity index (χ1v) is 21.9. The minimum Gasteiger partial charge on any atom is -0.505 e. The zero-order valence-electron chi connectivity index (χ0n) is 32.9. The molecule has 0 aliphatic heterocycles. The molecule has 7 aromatic rings. The highest BCUT2D eigenvalue weighted by molar-refractivity contribution is 7.86. The normalized spacial score (nSPS) is 12.2. The second kappa shape index (κ2) is 18.1. The Morgan fingerprint density at radius 1 is 0.806 bits per heavy atom. The van der Waals surface area contributed by atoms with Gasteiger partial charge in [0.05, 0.1) is 29.1 Å². The van der Waals surface area contributed by atoms with E-state index >= 15 is 0 Å². The van der Waals surface area contributed by atoms with E-state index in [2.05, 4.69) is 44.9 Å². The Kier molecular flexibility index (Phi) is 12.7. The third kappa shape index (κ3) is 10.4. The summed E-state index contributed by atoms with van der Waals surface area (Å²) in [7, 11) is -9.41. The van der Waals surface area contributed by atoms with Crippen LogP contribution in [-0.4, -0.2) is 59.2 Å². The number of hydrogen-bond donors (Lipinski definition) is 5. The Hall–Kier alpha value is -6.68. The molecule has 0 fully saturated rings. The number of aryl methyl sites for hydroxylation is 2. The number of anilines is 5. The van der Waals surface area contributed by atoms with Gasteiger partial charge in [-0.1, -0.05) is 48.5 Å². The molecule has 62 heavy (non-hydrogen) atoms. The minimum absolute atomic E-state index is 0.000510. The van der Waals surface area contributed by atoms with Gasteiger partial charge in [-0.25, -0.2) is 4.18 Å². The molecule has 18 nitrogen and oxygen atoms in total. The zero-order chi connectivity index (χ0) is 44.2. The van der Waals surface area contributed by atoms with Crippen molar-refractivity contribution in [2.24, 2.45) is 20.5 Å². The maximum absolute atomic E-state index is 12.6. The molecule has 6 aromatic carbocycles. The van der Waals surface area contributed by atoms with Gasteiger partial charge in [-0.15, -0.1) is 10.2 Å². The van der Waals surface area contributed by atoms with Gasteiger partial charge in [0.1, 0.15) is 16.3 Å². The van der Waals surface area contributed by atoms with Crippen molar-refractivity contribution in [2.75, 3.05) is 29.1 Å². The summed E-state index contributed by atoms with van der Waals surface area (Å²) in [6.45, 7) is 4.33. The molecular formula is C41H37ClN10O8S2. The maximum Gasteiger partial charge on any atom is 0.397 e. The van der Waals surface area contributed by atoms with Gasteiger partial charge in [0, 0.05) is 17.9 Å². The molecule has 0 atom stereocenters. The fraction of sp³-hybridized carbons (Fsp3) is 0.146. The lowest BCUT2D eigenvalue weighted by molar-refractivity contribution is 0.265. The molecule has 7 rings (SSSR count). The van der Waals surface area contributed by atoms with Crippen LogP contribution < -0.4 is 16.0 Å². The lowest BCUT2D eigenvalue weighted by atomic mass is 10.0. The van der Waals surface area contributed by atoms with E-state index in [1.54, 1.807) is 36.4 Å². The molecule has 1 heterocycles. The number of phenolic OH excluding ortho intramolecular Hbond substituents is 1. The molecule has 1 aromatic heterocycles. The Balaban J connectivity index is 1.13. The molecule has 0 unspecified atom stereocenters. The number of benzene rings is 6. The fourth-order valence-corrected chi connectivity index (χ4v) is 7.66. The summed E-state index contributed by atoms with van der Waals surface area (Å²) < 4.78 is 70.0. The quantitative estimate of drug-likeness (QED) is 0.0277. The fourth-order valence-electron chi connectivity index (χ4n) is 6.52. The van der Waals surface area contributed by atoms with Crippen LogP contribution in [0.4, 0.5) is 51.7 Å². The number of hydrogen-bond acceptors (Lipinski definition) is 16. The van der Waals surface area contributed by atoms with E-state index in [1.807, 2.05) is 67.3 Å². The largest absolute Gasteiger partial charge is 0.505 e. The van der Waals surface area contributed by atoms with Crippen LogP contribution in [0.3, 0.4) is 0 Å². The van der Waals surface area contributed by atoms with Gasteiger partial charge in [0.25, 0.3) is 10.1 Å². The number of nitrogens with zero attached hydrogens (tertiary/aromatic N) is 8. The number of rotatable bonds is 15. The van der Waals surface area contributed by atoms with Crippen LogP contribution in [0.25, 0.3) is 21.5 Å². The summed E-state index contributed by atoms with van der Waals surface area (Å²) in [6, 6.07) is 29.5. The predicted octanol–water partition coefficient (Wildman–Crippen LogP) is 10.2. The van der Waals surface area contributed by atoms with Crippen molar-refractivity contribution >= 4 is 105 Å². The van der Waals surface area contributed by atoms with Gasteiger partial charge in [0.2, 0.25) is 17.2 Å². The van der Waals surface area contributed by atoms with Crippen LogP contribution in [0.2, 0.25) is 5.28 Å². The van der Waals surface area contributed by atoms with Crippen LogP contribution in [-0.2, 0) is 31.1 Å².